The Hall–Kier alpha value is -3.86. The van der Waals surface area contributed by atoms with E-state index in [4.69, 9.17) is 19.6 Å². The Morgan fingerprint density at radius 2 is 1.66 bits per heavy atom. The van der Waals surface area contributed by atoms with E-state index in [9.17, 15) is 15.8 Å². The summed E-state index contributed by atoms with van der Waals surface area (Å²) in [7, 11) is 1.56. The molecule has 1 N–H and O–H groups in total. The molecule has 160 valence electrons. The summed E-state index contributed by atoms with van der Waals surface area (Å²) in [6.07, 6.45) is -1.11. The quantitative estimate of drug-likeness (QED) is 0.775. The van der Waals surface area contributed by atoms with Gasteiger partial charge in [-0.25, -0.2) is 0 Å². The Labute approximate surface area is 186 Å². The number of nitrogens with one attached hydrogen (secondary N) is 1. The first-order chi connectivity index (χ1) is 15.3. The average Bonchev–Trinajstić information content (AvgIpc) is 2.96. The fourth-order valence-electron chi connectivity index (χ4n) is 5.09. The van der Waals surface area contributed by atoms with Crippen LogP contribution in [0, 0.1) is 70.0 Å². The maximum absolute atomic E-state index is 10.4. The Balaban J connectivity index is 2.03. The summed E-state index contributed by atoms with van der Waals surface area (Å²) < 4.78 is 17.8. The molecule has 0 aromatic heterocycles. The highest BCUT2D eigenvalue weighted by Gasteiger charge is 2.79. The number of aryl methyl sites for hydroxylation is 2. The molecule has 4 atom stereocenters. The van der Waals surface area contributed by atoms with E-state index in [-0.39, 0.29) is 0 Å². The highest BCUT2D eigenvalue weighted by molar-refractivity contribution is 5.89. The van der Waals surface area contributed by atoms with Crippen LogP contribution in [0.1, 0.15) is 35.3 Å². The first kappa shape index (κ1) is 21.4. The van der Waals surface area contributed by atoms with Crippen molar-refractivity contribution in [2.45, 2.75) is 32.7 Å². The van der Waals surface area contributed by atoms with Crippen molar-refractivity contribution in [1.82, 2.24) is 0 Å². The lowest BCUT2D eigenvalue weighted by Gasteiger charge is -2.49. The smallest absolute Gasteiger partial charge is 0.244 e. The number of nitriles is 3. The van der Waals surface area contributed by atoms with Crippen LogP contribution in [-0.4, -0.2) is 13.0 Å². The Kier molecular flexibility index (Phi) is 4.74. The van der Waals surface area contributed by atoms with Crippen LogP contribution in [0.5, 0.6) is 5.75 Å². The van der Waals surface area contributed by atoms with Gasteiger partial charge in [0.05, 0.1) is 31.2 Å². The number of hydrogen-bond acceptors (Lipinski definition) is 7. The fourth-order valence-corrected chi connectivity index (χ4v) is 5.09. The molecule has 0 amide bonds. The first-order valence-electron chi connectivity index (χ1n) is 10.2. The van der Waals surface area contributed by atoms with E-state index in [2.05, 4.69) is 18.2 Å². The van der Waals surface area contributed by atoms with E-state index >= 15 is 0 Å². The highest BCUT2D eigenvalue weighted by atomic mass is 16.7. The van der Waals surface area contributed by atoms with Crippen molar-refractivity contribution >= 4 is 5.90 Å². The molecular formula is C25H22N4O3. The third kappa shape index (κ3) is 2.39. The van der Waals surface area contributed by atoms with Crippen molar-refractivity contribution in [1.29, 1.82) is 21.2 Å². The monoisotopic (exact) mass is 426 g/mol. The average molecular weight is 426 g/mol. The van der Waals surface area contributed by atoms with Gasteiger partial charge in [0, 0.05) is 5.56 Å². The van der Waals surface area contributed by atoms with Crippen LogP contribution in [0.3, 0.4) is 0 Å². The molecule has 2 saturated heterocycles. The van der Waals surface area contributed by atoms with Crippen LogP contribution >= 0.6 is 0 Å². The molecule has 2 aliphatic rings. The van der Waals surface area contributed by atoms with Gasteiger partial charge in [-0.15, -0.1) is 0 Å². The minimum Gasteiger partial charge on any atom is -0.497 e. The molecule has 32 heavy (non-hydrogen) atoms. The maximum atomic E-state index is 10.4. The van der Waals surface area contributed by atoms with Gasteiger partial charge in [0.2, 0.25) is 17.1 Å². The van der Waals surface area contributed by atoms with Gasteiger partial charge in [0.25, 0.3) is 0 Å². The largest absolute Gasteiger partial charge is 0.497 e. The number of nitrogens with zero attached hydrogens (tertiary/aromatic N) is 3. The molecule has 0 radical (unpaired) electrons. The summed E-state index contributed by atoms with van der Waals surface area (Å²) in [5.74, 6) is -2.12. The van der Waals surface area contributed by atoms with E-state index in [1.807, 2.05) is 32.0 Å². The molecule has 2 aromatic rings. The lowest BCUT2D eigenvalue weighted by molar-refractivity contribution is -0.288. The zero-order valence-electron chi connectivity index (χ0n) is 18.3. The molecule has 7 heteroatoms. The SMILES string of the molecule is COc1ccc(C23OC(=N)C(C#N)(C2C)C(C#N)(C#N)C(c2ccc(C)cc2C)O3)cc1. The molecule has 4 rings (SSSR count). The zero-order valence-corrected chi connectivity index (χ0v) is 18.3. The van der Waals surface area contributed by atoms with Gasteiger partial charge >= 0.3 is 0 Å². The van der Waals surface area contributed by atoms with Crippen LogP contribution in [0.4, 0.5) is 0 Å². The zero-order chi connectivity index (χ0) is 23.3. The van der Waals surface area contributed by atoms with Crippen molar-refractivity contribution in [2.75, 3.05) is 7.11 Å². The topological polar surface area (TPSA) is 123 Å². The van der Waals surface area contributed by atoms with Gasteiger partial charge in [-0.1, -0.05) is 30.7 Å². The minimum absolute atomic E-state index is 0.432. The fraction of sp³-hybridized carbons (Fsp3) is 0.360. The summed E-state index contributed by atoms with van der Waals surface area (Å²) in [5, 5.41) is 39.7. The molecule has 7 nitrogen and oxygen atoms in total. The van der Waals surface area contributed by atoms with E-state index in [0.29, 0.717) is 16.9 Å². The standard InChI is InChI=1S/C25H22N4O3/c1-15-5-10-20(16(2)11-15)21-23(12-26,13-27)24(14-28)17(3)25(31-21,32-22(24)29)18-6-8-19(30-4)9-7-18/h5-11,17,21,29H,1-4H3. The number of rotatable bonds is 3. The molecule has 2 heterocycles. The van der Waals surface area contributed by atoms with Crippen molar-refractivity contribution < 1.29 is 14.2 Å². The predicted molar refractivity (Wildman–Crippen MR) is 114 cm³/mol. The Morgan fingerprint density at radius 3 is 2.19 bits per heavy atom. The third-order valence-corrected chi connectivity index (χ3v) is 6.87. The Bertz CT molecular complexity index is 1220. The van der Waals surface area contributed by atoms with Crippen molar-refractivity contribution in [3.8, 4) is 24.0 Å². The van der Waals surface area contributed by atoms with Gasteiger partial charge in [-0.3, -0.25) is 5.41 Å². The third-order valence-electron chi connectivity index (χ3n) is 6.87. The van der Waals surface area contributed by atoms with Crippen LogP contribution in [0.25, 0.3) is 0 Å². The van der Waals surface area contributed by atoms with Gasteiger partial charge in [-0.05, 0) is 49.2 Å². The van der Waals surface area contributed by atoms with Crippen LogP contribution in [0.2, 0.25) is 0 Å². The summed E-state index contributed by atoms with van der Waals surface area (Å²) in [4.78, 5) is 0. The van der Waals surface area contributed by atoms with Gasteiger partial charge in [0.1, 0.15) is 11.9 Å². The molecule has 2 aromatic carbocycles. The molecular weight excluding hydrogens is 404 g/mol. The summed E-state index contributed by atoms with van der Waals surface area (Å²) in [6.45, 7) is 5.51. The summed E-state index contributed by atoms with van der Waals surface area (Å²) in [6, 6.07) is 18.9. The minimum atomic E-state index is -1.98. The van der Waals surface area contributed by atoms with E-state index in [0.717, 1.165) is 11.1 Å². The normalized spacial score (nSPS) is 29.8. The molecule has 4 unspecified atom stereocenters. The van der Waals surface area contributed by atoms with Gasteiger partial charge < -0.3 is 14.2 Å². The van der Waals surface area contributed by atoms with Crippen molar-refractivity contribution in [3.05, 3.63) is 64.7 Å². The lowest BCUT2D eigenvalue weighted by Crippen LogP contribution is -2.57. The van der Waals surface area contributed by atoms with Gasteiger partial charge in [0.15, 0.2) is 5.41 Å². The van der Waals surface area contributed by atoms with E-state index < -0.39 is 34.5 Å². The second-order valence-electron chi connectivity index (χ2n) is 8.36. The van der Waals surface area contributed by atoms with Crippen LogP contribution in [0.15, 0.2) is 42.5 Å². The number of methoxy groups -OCH3 is 1. The Morgan fingerprint density at radius 1 is 1.00 bits per heavy atom. The first-order valence-corrected chi connectivity index (χ1v) is 10.2. The lowest BCUT2D eigenvalue weighted by atomic mass is 9.53. The van der Waals surface area contributed by atoms with Crippen molar-refractivity contribution in [2.24, 2.45) is 16.7 Å². The van der Waals surface area contributed by atoms with E-state index in [1.54, 1.807) is 38.3 Å². The molecule has 2 bridgehead atoms. The highest BCUT2D eigenvalue weighted by Crippen LogP contribution is 2.69. The van der Waals surface area contributed by atoms with Gasteiger partial charge in [-0.2, -0.15) is 15.8 Å². The molecule has 2 aliphatic heterocycles. The second kappa shape index (κ2) is 7.09. The van der Waals surface area contributed by atoms with Crippen LogP contribution in [-0.2, 0) is 15.3 Å². The maximum Gasteiger partial charge on any atom is 0.244 e. The van der Waals surface area contributed by atoms with E-state index in [1.165, 1.54) is 0 Å². The summed E-state index contributed by atoms with van der Waals surface area (Å²) in [5.41, 5.74) is -0.778. The molecule has 0 aliphatic carbocycles. The van der Waals surface area contributed by atoms with Crippen LogP contribution < -0.4 is 4.74 Å². The number of hydrogen-bond donors (Lipinski definition) is 1. The molecule has 0 spiro atoms. The summed E-state index contributed by atoms with van der Waals surface area (Å²) >= 11 is 0. The molecule has 0 saturated carbocycles. The van der Waals surface area contributed by atoms with Crippen molar-refractivity contribution in [3.63, 3.8) is 0 Å². The predicted octanol–water partition coefficient (Wildman–Crippen LogP) is 4.42. The number of ether oxygens (including phenoxy) is 3. The number of benzene rings is 2. The molecule has 2 fully saturated rings. The second-order valence-corrected chi connectivity index (χ2v) is 8.36. The number of fused-ring (bicyclic) bond motifs is 2.